The Hall–Kier alpha value is -0.720. The number of hydrogen-bond donors (Lipinski definition) is 1. The zero-order valence-corrected chi connectivity index (χ0v) is 5.88. The van der Waals surface area contributed by atoms with Gasteiger partial charge >= 0.3 is 0 Å². The van der Waals surface area contributed by atoms with Gasteiger partial charge in [-0.2, -0.15) is 0 Å². The highest BCUT2D eigenvalue weighted by Crippen LogP contribution is 1.94. The quantitative estimate of drug-likeness (QED) is 0.349. The smallest absolute Gasteiger partial charge is 0.0791 e. The van der Waals surface area contributed by atoms with E-state index in [0.29, 0.717) is 0 Å². The summed E-state index contributed by atoms with van der Waals surface area (Å²) in [6, 6.07) is 0. The Labute approximate surface area is 56.7 Å². The van der Waals surface area contributed by atoms with Crippen LogP contribution in [0.5, 0.6) is 0 Å². The van der Waals surface area contributed by atoms with E-state index in [9.17, 15) is 0 Å². The molecule has 0 saturated heterocycles. The van der Waals surface area contributed by atoms with Gasteiger partial charge < -0.3 is 5.11 Å². The molecule has 0 aromatic heterocycles. The minimum absolute atomic E-state index is 1.04. The molecule has 0 aromatic carbocycles. The van der Waals surface area contributed by atoms with Gasteiger partial charge in [-0.05, 0) is 12.5 Å². The maximum atomic E-state index is 8.19. The molecule has 0 aliphatic rings. The maximum absolute atomic E-state index is 8.19. The van der Waals surface area contributed by atoms with Crippen molar-refractivity contribution in [3.63, 3.8) is 0 Å². The second-order valence-electron chi connectivity index (χ2n) is 1.91. The molecule has 0 fully saturated rings. The highest BCUT2D eigenvalue weighted by molar-refractivity contribution is 4.98. The fourth-order valence-corrected chi connectivity index (χ4v) is 0.546. The van der Waals surface area contributed by atoms with E-state index in [4.69, 9.17) is 5.11 Å². The lowest BCUT2D eigenvalue weighted by Gasteiger charge is -1.84. The van der Waals surface area contributed by atoms with Gasteiger partial charge in [0.05, 0.1) is 6.26 Å². The summed E-state index contributed by atoms with van der Waals surface area (Å²) in [5, 5.41) is 8.19. The minimum atomic E-state index is 1.04. The molecule has 0 spiro atoms. The molecule has 0 rings (SSSR count). The maximum Gasteiger partial charge on any atom is 0.0791 e. The summed E-state index contributed by atoms with van der Waals surface area (Å²) in [6.07, 6.45) is 10.1. The van der Waals surface area contributed by atoms with Crippen LogP contribution in [0.3, 0.4) is 0 Å². The van der Waals surface area contributed by atoms with Crippen molar-refractivity contribution in [2.75, 3.05) is 0 Å². The van der Waals surface area contributed by atoms with E-state index in [0.717, 1.165) is 12.7 Å². The normalized spacial score (nSPS) is 11.7. The number of aliphatic hydroxyl groups excluding tert-OH is 1. The van der Waals surface area contributed by atoms with E-state index in [1.807, 2.05) is 6.08 Å². The minimum Gasteiger partial charge on any atom is -0.516 e. The Morgan fingerprint density at radius 3 is 2.67 bits per heavy atom. The van der Waals surface area contributed by atoms with Crippen LogP contribution in [0.15, 0.2) is 24.5 Å². The molecule has 0 atom stereocenters. The van der Waals surface area contributed by atoms with Gasteiger partial charge in [-0.25, -0.2) is 0 Å². The van der Waals surface area contributed by atoms with E-state index in [-0.39, 0.29) is 0 Å². The van der Waals surface area contributed by atoms with Crippen LogP contribution in [0.2, 0.25) is 0 Å². The summed E-state index contributed by atoms with van der Waals surface area (Å²) >= 11 is 0. The van der Waals surface area contributed by atoms with Crippen molar-refractivity contribution in [1.82, 2.24) is 0 Å². The first kappa shape index (κ1) is 8.28. The third kappa shape index (κ3) is 7.28. The van der Waals surface area contributed by atoms with Gasteiger partial charge in [-0.15, -0.1) is 0 Å². The monoisotopic (exact) mass is 126 g/mol. The van der Waals surface area contributed by atoms with Crippen LogP contribution < -0.4 is 0 Å². The number of rotatable bonds is 4. The molecule has 0 saturated carbocycles. The molecule has 0 unspecified atom stereocenters. The van der Waals surface area contributed by atoms with Crippen LogP contribution in [0.4, 0.5) is 0 Å². The Kier molecular flexibility index (Phi) is 6.70. The van der Waals surface area contributed by atoms with Crippen molar-refractivity contribution >= 4 is 0 Å². The predicted octanol–water partition coefficient (Wildman–Crippen LogP) is 2.80. The van der Waals surface area contributed by atoms with E-state index in [2.05, 4.69) is 13.0 Å². The molecule has 0 radical (unpaired) electrons. The fourth-order valence-electron chi connectivity index (χ4n) is 0.546. The SMILES string of the molecule is CCCC/C=C/C=C\O. The van der Waals surface area contributed by atoms with Crippen LogP contribution in [0.1, 0.15) is 26.2 Å². The summed E-state index contributed by atoms with van der Waals surface area (Å²) in [4.78, 5) is 0. The van der Waals surface area contributed by atoms with E-state index < -0.39 is 0 Å². The highest BCUT2D eigenvalue weighted by Gasteiger charge is 1.74. The largest absolute Gasteiger partial charge is 0.516 e. The van der Waals surface area contributed by atoms with Crippen LogP contribution in [-0.2, 0) is 0 Å². The first-order valence-electron chi connectivity index (χ1n) is 3.37. The molecule has 0 aromatic rings. The van der Waals surface area contributed by atoms with Gasteiger partial charge in [0.2, 0.25) is 0 Å². The van der Waals surface area contributed by atoms with Gasteiger partial charge in [0.1, 0.15) is 0 Å². The summed E-state index contributed by atoms with van der Waals surface area (Å²) < 4.78 is 0. The summed E-state index contributed by atoms with van der Waals surface area (Å²) in [5.41, 5.74) is 0. The first-order valence-corrected chi connectivity index (χ1v) is 3.37. The molecule has 0 heterocycles. The molecule has 1 heteroatoms. The average Bonchev–Trinajstić information content (AvgIpc) is 1.89. The molecule has 9 heavy (non-hydrogen) atoms. The summed E-state index contributed by atoms with van der Waals surface area (Å²) in [5.74, 6) is 0. The van der Waals surface area contributed by atoms with Gasteiger partial charge in [0.15, 0.2) is 0 Å². The molecular formula is C8H14O. The molecule has 1 nitrogen and oxygen atoms in total. The summed E-state index contributed by atoms with van der Waals surface area (Å²) in [7, 11) is 0. The zero-order chi connectivity index (χ0) is 6.95. The number of hydrogen-bond acceptors (Lipinski definition) is 1. The lowest BCUT2D eigenvalue weighted by Crippen LogP contribution is -1.64. The Morgan fingerprint density at radius 2 is 2.11 bits per heavy atom. The second-order valence-corrected chi connectivity index (χ2v) is 1.91. The van der Waals surface area contributed by atoms with Crippen molar-refractivity contribution in [3.8, 4) is 0 Å². The average molecular weight is 126 g/mol. The highest BCUT2D eigenvalue weighted by atomic mass is 16.2. The zero-order valence-electron chi connectivity index (χ0n) is 5.88. The van der Waals surface area contributed by atoms with E-state index >= 15 is 0 Å². The summed E-state index contributed by atoms with van der Waals surface area (Å²) in [6.45, 7) is 2.16. The Balaban J connectivity index is 3.04. The fraction of sp³-hybridized carbons (Fsp3) is 0.500. The van der Waals surface area contributed by atoms with Crippen LogP contribution in [0, 0.1) is 0 Å². The van der Waals surface area contributed by atoms with Crippen LogP contribution in [0.25, 0.3) is 0 Å². The molecule has 0 aliphatic heterocycles. The molecule has 52 valence electrons. The Morgan fingerprint density at radius 1 is 1.33 bits per heavy atom. The molecule has 0 amide bonds. The second kappa shape index (κ2) is 7.28. The van der Waals surface area contributed by atoms with Crippen molar-refractivity contribution in [2.24, 2.45) is 0 Å². The van der Waals surface area contributed by atoms with Crippen molar-refractivity contribution in [1.29, 1.82) is 0 Å². The molecule has 0 aliphatic carbocycles. The van der Waals surface area contributed by atoms with Gasteiger partial charge in [0, 0.05) is 0 Å². The third-order valence-corrected chi connectivity index (χ3v) is 1.06. The number of aliphatic hydroxyl groups is 1. The lowest BCUT2D eigenvalue weighted by molar-refractivity contribution is 0.473. The van der Waals surface area contributed by atoms with E-state index in [1.54, 1.807) is 6.08 Å². The Bertz CT molecular complexity index is 92.7. The van der Waals surface area contributed by atoms with Crippen LogP contribution in [-0.4, -0.2) is 5.11 Å². The third-order valence-electron chi connectivity index (χ3n) is 1.06. The standard InChI is InChI=1S/C8H14O/c1-2-3-4-5-6-7-8-9/h5-9H,2-4H2,1H3/b6-5+,8-7-. The number of allylic oxidation sites excluding steroid dienone is 3. The van der Waals surface area contributed by atoms with Crippen molar-refractivity contribution < 1.29 is 5.11 Å². The van der Waals surface area contributed by atoms with Gasteiger partial charge in [0.25, 0.3) is 0 Å². The number of unbranched alkanes of at least 4 members (excludes halogenated alkanes) is 2. The molecular weight excluding hydrogens is 112 g/mol. The first-order chi connectivity index (χ1) is 4.41. The van der Waals surface area contributed by atoms with Crippen molar-refractivity contribution in [2.45, 2.75) is 26.2 Å². The van der Waals surface area contributed by atoms with Gasteiger partial charge in [-0.1, -0.05) is 31.9 Å². The molecule has 1 N–H and O–H groups in total. The van der Waals surface area contributed by atoms with Crippen LogP contribution >= 0.6 is 0 Å². The molecule has 0 bridgehead atoms. The lowest BCUT2D eigenvalue weighted by atomic mass is 10.2. The topological polar surface area (TPSA) is 20.2 Å². The predicted molar refractivity (Wildman–Crippen MR) is 40.4 cm³/mol. The van der Waals surface area contributed by atoms with Gasteiger partial charge in [-0.3, -0.25) is 0 Å². The van der Waals surface area contributed by atoms with Crippen molar-refractivity contribution in [3.05, 3.63) is 24.5 Å². The van der Waals surface area contributed by atoms with E-state index in [1.165, 1.54) is 12.8 Å².